The van der Waals surface area contributed by atoms with Crippen LogP contribution in [-0.2, 0) is 4.79 Å². The van der Waals surface area contributed by atoms with Gasteiger partial charge in [-0.1, -0.05) is 18.2 Å². The highest BCUT2D eigenvalue weighted by molar-refractivity contribution is 5.95. The molecule has 2 rings (SSSR count). The van der Waals surface area contributed by atoms with Gasteiger partial charge in [0.05, 0.1) is 0 Å². The third-order valence-corrected chi connectivity index (χ3v) is 4.08. The Morgan fingerprint density at radius 3 is 2.39 bits per heavy atom. The molecule has 0 aromatic heterocycles. The van der Waals surface area contributed by atoms with Crippen molar-refractivity contribution in [1.82, 2.24) is 10.2 Å². The smallest absolute Gasteiger partial charge is 0.230 e. The molecular weight excluding hydrogens is 333 g/mol. The molecule has 1 aliphatic rings. The lowest BCUT2D eigenvalue weighted by Crippen LogP contribution is -2.46. The number of hydrogen-bond acceptors (Lipinski definition) is 3. The van der Waals surface area contributed by atoms with Crippen molar-refractivity contribution in [3.05, 3.63) is 30.3 Å². The number of piperidine rings is 1. The molecular formula is C17H29Cl2N3O. The van der Waals surface area contributed by atoms with E-state index in [9.17, 15) is 4.79 Å². The minimum atomic E-state index is 0. The molecule has 1 fully saturated rings. The van der Waals surface area contributed by atoms with Gasteiger partial charge in [0.2, 0.25) is 5.91 Å². The summed E-state index contributed by atoms with van der Waals surface area (Å²) in [6.07, 6.45) is 1.87. The molecule has 2 atom stereocenters. The third-order valence-electron chi connectivity index (χ3n) is 4.08. The molecule has 6 heteroatoms. The average Bonchev–Trinajstić information content (AvgIpc) is 2.48. The molecule has 0 saturated carbocycles. The predicted octanol–water partition coefficient (Wildman–Crippen LogP) is 2.81. The number of nitrogens with zero attached hydrogens (tertiary/aromatic N) is 2. The van der Waals surface area contributed by atoms with E-state index in [0.29, 0.717) is 6.04 Å². The van der Waals surface area contributed by atoms with Gasteiger partial charge in [-0.25, -0.2) is 0 Å². The minimum Gasteiger partial charge on any atom is -0.314 e. The second kappa shape index (κ2) is 10.9. The van der Waals surface area contributed by atoms with E-state index in [1.54, 1.807) is 0 Å². The molecule has 132 valence electrons. The second-order valence-electron chi connectivity index (χ2n) is 6.21. The fourth-order valence-corrected chi connectivity index (χ4v) is 2.85. The molecule has 0 radical (unpaired) electrons. The lowest BCUT2D eigenvalue weighted by atomic mass is 9.92. The first-order valence-corrected chi connectivity index (χ1v) is 7.82. The van der Waals surface area contributed by atoms with Crippen LogP contribution in [0, 0.1) is 5.92 Å². The normalized spacial score (nSPS) is 20.3. The summed E-state index contributed by atoms with van der Waals surface area (Å²) < 4.78 is 0. The molecule has 0 bridgehead atoms. The van der Waals surface area contributed by atoms with Crippen molar-refractivity contribution >= 4 is 36.4 Å². The van der Waals surface area contributed by atoms with Crippen molar-refractivity contribution in [2.24, 2.45) is 5.92 Å². The van der Waals surface area contributed by atoms with E-state index in [1.807, 2.05) is 49.3 Å². The molecule has 1 N–H and O–H groups in total. The van der Waals surface area contributed by atoms with E-state index in [0.717, 1.165) is 38.2 Å². The highest BCUT2D eigenvalue weighted by Crippen LogP contribution is 2.23. The summed E-state index contributed by atoms with van der Waals surface area (Å²) in [5.41, 5.74) is 1.01. The zero-order chi connectivity index (χ0) is 15.2. The fourth-order valence-electron chi connectivity index (χ4n) is 2.85. The van der Waals surface area contributed by atoms with Gasteiger partial charge in [-0.3, -0.25) is 4.79 Å². The first kappa shape index (κ1) is 22.2. The Morgan fingerprint density at radius 2 is 1.83 bits per heavy atom. The summed E-state index contributed by atoms with van der Waals surface area (Å²) in [6, 6.07) is 10.5. The van der Waals surface area contributed by atoms with Crippen molar-refractivity contribution in [3.8, 4) is 0 Å². The van der Waals surface area contributed by atoms with Crippen molar-refractivity contribution < 1.29 is 4.79 Å². The topological polar surface area (TPSA) is 35.6 Å². The summed E-state index contributed by atoms with van der Waals surface area (Å²) in [5.74, 6) is 0.417. The van der Waals surface area contributed by atoms with E-state index in [2.05, 4.69) is 17.1 Å². The monoisotopic (exact) mass is 361 g/mol. The number of carbonyl (C=O) groups excluding carboxylic acids is 1. The van der Waals surface area contributed by atoms with Crippen molar-refractivity contribution in [2.45, 2.75) is 25.8 Å². The Labute approximate surface area is 152 Å². The lowest BCUT2D eigenvalue weighted by Gasteiger charge is -2.32. The standard InChI is InChI=1S/C17H27N3O.2ClH/c1-14-13-15(9-10-18-14)17(21)20(12-11-19(2)3)16-7-5-4-6-8-16;;/h4-8,14-15,18H,9-13H2,1-3H3;2*1H/t14-,15-;;/m0../s1. The van der Waals surface area contributed by atoms with Crippen LogP contribution in [0.4, 0.5) is 5.69 Å². The van der Waals surface area contributed by atoms with Crippen LogP contribution in [-0.4, -0.2) is 50.6 Å². The number of likely N-dealkylation sites (N-methyl/N-ethyl adjacent to an activating group) is 1. The van der Waals surface area contributed by atoms with Crippen LogP contribution in [0.1, 0.15) is 19.8 Å². The summed E-state index contributed by atoms with van der Waals surface area (Å²) in [4.78, 5) is 17.0. The predicted molar refractivity (Wildman–Crippen MR) is 102 cm³/mol. The molecule has 0 spiro atoms. The molecule has 1 aromatic rings. The van der Waals surface area contributed by atoms with E-state index < -0.39 is 0 Å². The van der Waals surface area contributed by atoms with Gasteiger partial charge in [0.25, 0.3) is 0 Å². The molecule has 4 nitrogen and oxygen atoms in total. The SMILES string of the molecule is C[C@H]1C[C@@H](C(=O)N(CCN(C)C)c2ccccc2)CCN1.Cl.Cl. The fraction of sp³-hybridized carbons (Fsp3) is 0.588. The van der Waals surface area contributed by atoms with Crippen LogP contribution < -0.4 is 10.2 Å². The van der Waals surface area contributed by atoms with E-state index >= 15 is 0 Å². The summed E-state index contributed by atoms with van der Waals surface area (Å²) in [6.45, 7) is 4.72. The molecule has 23 heavy (non-hydrogen) atoms. The number of hydrogen-bond donors (Lipinski definition) is 1. The largest absolute Gasteiger partial charge is 0.314 e. The van der Waals surface area contributed by atoms with Gasteiger partial charge in [-0.05, 0) is 52.5 Å². The third kappa shape index (κ3) is 6.68. The molecule has 1 aromatic carbocycles. The van der Waals surface area contributed by atoms with Gasteiger partial charge >= 0.3 is 0 Å². The maximum absolute atomic E-state index is 12.9. The highest BCUT2D eigenvalue weighted by atomic mass is 35.5. The summed E-state index contributed by atoms with van der Waals surface area (Å²) in [5, 5.41) is 3.42. The number of benzene rings is 1. The zero-order valence-corrected chi connectivity index (χ0v) is 15.8. The molecule has 0 unspecified atom stereocenters. The number of para-hydroxylation sites is 1. The Kier molecular flexibility index (Phi) is 10.5. The number of halogens is 2. The molecule has 1 saturated heterocycles. The van der Waals surface area contributed by atoms with E-state index in [1.165, 1.54) is 0 Å². The van der Waals surface area contributed by atoms with Crippen LogP contribution >= 0.6 is 24.8 Å². The van der Waals surface area contributed by atoms with Crippen LogP contribution in [0.3, 0.4) is 0 Å². The summed E-state index contributed by atoms with van der Waals surface area (Å²) >= 11 is 0. The lowest BCUT2D eigenvalue weighted by molar-refractivity contribution is -0.123. The molecule has 1 heterocycles. The van der Waals surface area contributed by atoms with Gasteiger partial charge in [-0.15, -0.1) is 24.8 Å². The Balaban J connectivity index is 0.00000242. The maximum atomic E-state index is 12.9. The van der Waals surface area contributed by atoms with Crippen LogP contribution in [0.15, 0.2) is 30.3 Å². The Morgan fingerprint density at radius 1 is 1.17 bits per heavy atom. The minimum absolute atomic E-state index is 0. The maximum Gasteiger partial charge on any atom is 0.230 e. The number of anilines is 1. The second-order valence-corrected chi connectivity index (χ2v) is 6.21. The van der Waals surface area contributed by atoms with Crippen molar-refractivity contribution in [1.29, 1.82) is 0 Å². The number of rotatable bonds is 5. The highest BCUT2D eigenvalue weighted by Gasteiger charge is 2.29. The zero-order valence-electron chi connectivity index (χ0n) is 14.2. The number of nitrogens with one attached hydrogen (secondary N) is 1. The molecule has 0 aliphatic carbocycles. The van der Waals surface area contributed by atoms with Crippen LogP contribution in [0.2, 0.25) is 0 Å². The molecule has 1 aliphatic heterocycles. The van der Waals surface area contributed by atoms with E-state index in [-0.39, 0.29) is 36.6 Å². The quantitative estimate of drug-likeness (QED) is 0.875. The van der Waals surface area contributed by atoms with Crippen LogP contribution in [0.25, 0.3) is 0 Å². The van der Waals surface area contributed by atoms with Gasteiger partial charge in [0, 0.05) is 30.7 Å². The van der Waals surface area contributed by atoms with Crippen molar-refractivity contribution in [2.75, 3.05) is 38.6 Å². The van der Waals surface area contributed by atoms with Gasteiger partial charge in [-0.2, -0.15) is 0 Å². The number of carbonyl (C=O) groups is 1. The van der Waals surface area contributed by atoms with E-state index in [4.69, 9.17) is 0 Å². The van der Waals surface area contributed by atoms with Crippen molar-refractivity contribution in [3.63, 3.8) is 0 Å². The first-order chi connectivity index (χ1) is 10.1. The van der Waals surface area contributed by atoms with Gasteiger partial charge < -0.3 is 15.1 Å². The molecule has 1 amide bonds. The van der Waals surface area contributed by atoms with Gasteiger partial charge in [0.1, 0.15) is 0 Å². The Hall–Kier alpha value is -0.810. The number of amides is 1. The Bertz CT molecular complexity index is 456. The van der Waals surface area contributed by atoms with Gasteiger partial charge in [0.15, 0.2) is 0 Å². The first-order valence-electron chi connectivity index (χ1n) is 7.82. The summed E-state index contributed by atoms with van der Waals surface area (Å²) in [7, 11) is 4.08. The van der Waals surface area contributed by atoms with Crippen LogP contribution in [0.5, 0.6) is 0 Å². The average molecular weight is 362 g/mol.